The number of benzene rings is 5. The molecule has 2 nitrogen and oxygen atoms in total. The predicted molar refractivity (Wildman–Crippen MR) is 157 cm³/mol. The highest BCUT2D eigenvalue weighted by Crippen LogP contribution is 2.37. The molecule has 3 heteroatoms. The van der Waals surface area contributed by atoms with Gasteiger partial charge < -0.3 is 4.57 Å². The normalized spacial score (nSPS) is 11.8. The second-order valence-corrected chi connectivity index (χ2v) is 10.5. The first kappa shape index (κ1) is 22.7. The van der Waals surface area contributed by atoms with Crippen LogP contribution in [0.1, 0.15) is 16.7 Å². The topological polar surface area (TPSA) is 8.81 Å². The van der Waals surface area contributed by atoms with Gasteiger partial charge in [-0.05, 0) is 79.1 Å². The standard InChI is InChI=1S/C35H28FN2/c1-21-18-22(2)23(3)31(19-21)34-30-14-12-24-20-25(13-15-26(24)27(30)16-17-37(34)4)38-33-11-6-5-8-28(33)29-9-7-10-32(36)35(29)38/h5-20H,1-4H3/q+1. The van der Waals surface area contributed by atoms with Crippen LogP contribution in [0.25, 0.3) is 60.3 Å². The van der Waals surface area contributed by atoms with E-state index in [0.29, 0.717) is 5.52 Å². The van der Waals surface area contributed by atoms with E-state index in [-0.39, 0.29) is 5.82 Å². The number of rotatable bonds is 2. The maximum absolute atomic E-state index is 15.2. The lowest BCUT2D eigenvalue weighted by atomic mass is 9.93. The molecule has 0 unspecified atom stereocenters. The zero-order valence-electron chi connectivity index (χ0n) is 22.0. The summed E-state index contributed by atoms with van der Waals surface area (Å²) in [5.41, 5.74) is 8.96. The average Bonchev–Trinajstić information content (AvgIpc) is 3.26. The van der Waals surface area contributed by atoms with E-state index in [9.17, 15) is 0 Å². The lowest BCUT2D eigenvalue weighted by Gasteiger charge is -2.13. The fraction of sp³-hybridized carbons (Fsp3) is 0.114. The molecule has 0 aliphatic carbocycles. The molecule has 0 spiro atoms. The van der Waals surface area contributed by atoms with Crippen molar-refractivity contribution in [2.75, 3.05) is 0 Å². The van der Waals surface area contributed by atoms with Crippen molar-refractivity contribution in [1.82, 2.24) is 4.57 Å². The summed E-state index contributed by atoms with van der Waals surface area (Å²) in [5, 5.41) is 6.76. The Kier molecular flexibility index (Phi) is 4.93. The summed E-state index contributed by atoms with van der Waals surface area (Å²) in [6.45, 7) is 6.56. The third kappa shape index (κ3) is 3.21. The molecular formula is C35H28FN2+. The highest BCUT2D eigenvalue weighted by molar-refractivity contribution is 6.12. The highest BCUT2D eigenvalue weighted by atomic mass is 19.1. The van der Waals surface area contributed by atoms with E-state index in [1.807, 2.05) is 18.2 Å². The number of hydrogen-bond donors (Lipinski definition) is 0. The van der Waals surface area contributed by atoms with Gasteiger partial charge in [-0.1, -0.05) is 54.1 Å². The first-order chi connectivity index (χ1) is 18.4. The number of fused-ring (bicyclic) bond motifs is 6. The molecule has 0 fully saturated rings. The summed E-state index contributed by atoms with van der Waals surface area (Å²) >= 11 is 0. The van der Waals surface area contributed by atoms with E-state index in [0.717, 1.165) is 27.4 Å². The van der Waals surface area contributed by atoms with Crippen molar-refractivity contribution < 1.29 is 8.96 Å². The molecule has 0 atom stereocenters. The summed E-state index contributed by atoms with van der Waals surface area (Å²) in [4.78, 5) is 0. The Hall–Kier alpha value is -4.50. The Morgan fingerprint density at radius 1 is 0.684 bits per heavy atom. The molecule has 2 aromatic heterocycles. The second kappa shape index (κ2) is 8.26. The van der Waals surface area contributed by atoms with E-state index < -0.39 is 0 Å². The zero-order chi connectivity index (χ0) is 26.1. The molecule has 38 heavy (non-hydrogen) atoms. The second-order valence-electron chi connectivity index (χ2n) is 10.5. The van der Waals surface area contributed by atoms with Crippen LogP contribution in [0.3, 0.4) is 0 Å². The van der Waals surface area contributed by atoms with Crippen LogP contribution in [-0.4, -0.2) is 4.57 Å². The van der Waals surface area contributed by atoms with Crippen molar-refractivity contribution in [3.05, 3.63) is 120 Å². The third-order valence-corrected chi connectivity index (χ3v) is 8.09. The van der Waals surface area contributed by atoms with Gasteiger partial charge in [-0.15, -0.1) is 0 Å². The molecule has 7 aromatic rings. The molecule has 0 amide bonds. The number of pyridine rings is 1. The zero-order valence-corrected chi connectivity index (χ0v) is 22.0. The SMILES string of the molecule is Cc1cc(C)c(C)c(-c2c3ccc4cc(-n5c6ccccc6c6cccc(F)c65)ccc4c3cc[n+]2C)c1. The summed E-state index contributed by atoms with van der Waals surface area (Å²) < 4.78 is 19.5. The van der Waals surface area contributed by atoms with Gasteiger partial charge in [0.2, 0.25) is 5.69 Å². The predicted octanol–water partition coefficient (Wildman–Crippen LogP) is 8.65. The van der Waals surface area contributed by atoms with E-state index >= 15 is 4.39 Å². The van der Waals surface area contributed by atoms with Gasteiger partial charge in [-0.3, -0.25) is 0 Å². The van der Waals surface area contributed by atoms with Crippen molar-refractivity contribution >= 4 is 43.4 Å². The van der Waals surface area contributed by atoms with Crippen LogP contribution in [0, 0.1) is 26.6 Å². The van der Waals surface area contributed by atoms with Crippen LogP contribution in [0.4, 0.5) is 4.39 Å². The monoisotopic (exact) mass is 495 g/mol. The molecule has 0 radical (unpaired) electrons. The van der Waals surface area contributed by atoms with Crippen molar-refractivity contribution in [1.29, 1.82) is 0 Å². The van der Waals surface area contributed by atoms with Gasteiger partial charge in [0.25, 0.3) is 0 Å². The Labute approximate surface area is 221 Å². The van der Waals surface area contributed by atoms with Crippen LogP contribution in [0.2, 0.25) is 0 Å². The Morgan fingerprint density at radius 2 is 1.47 bits per heavy atom. The molecule has 0 saturated carbocycles. The lowest BCUT2D eigenvalue weighted by Crippen LogP contribution is -2.30. The minimum atomic E-state index is -0.210. The van der Waals surface area contributed by atoms with Crippen molar-refractivity contribution in [2.45, 2.75) is 20.8 Å². The Bertz CT molecular complexity index is 2080. The first-order valence-electron chi connectivity index (χ1n) is 13.0. The largest absolute Gasteiger partial charge is 0.307 e. The smallest absolute Gasteiger partial charge is 0.220 e. The Morgan fingerprint density at radius 3 is 2.34 bits per heavy atom. The van der Waals surface area contributed by atoms with Gasteiger partial charge in [0.05, 0.1) is 22.0 Å². The van der Waals surface area contributed by atoms with Gasteiger partial charge >= 0.3 is 0 Å². The van der Waals surface area contributed by atoms with Crippen molar-refractivity contribution in [3.8, 4) is 16.9 Å². The van der Waals surface area contributed by atoms with Crippen LogP contribution < -0.4 is 4.57 Å². The number of para-hydroxylation sites is 2. The molecule has 0 aliphatic heterocycles. The number of hydrogen-bond acceptors (Lipinski definition) is 0. The molecular weight excluding hydrogens is 467 g/mol. The van der Waals surface area contributed by atoms with Gasteiger partial charge in [0, 0.05) is 27.9 Å². The van der Waals surface area contributed by atoms with Gasteiger partial charge in [-0.2, -0.15) is 0 Å². The molecule has 184 valence electrons. The fourth-order valence-corrected chi connectivity index (χ4v) is 6.18. The van der Waals surface area contributed by atoms with Crippen molar-refractivity contribution in [2.24, 2.45) is 7.05 Å². The number of nitrogens with zero attached hydrogens (tertiary/aromatic N) is 2. The fourth-order valence-electron chi connectivity index (χ4n) is 6.18. The minimum absolute atomic E-state index is 0.210. The van der Waals surface area contributed by atoms with Gasteiger partial charge in [-0.25, -0.2) is 8.96 Å². The van der Waals surface area contributed by atoms with E-state index in [1.165, 1.54) is 44.1 Å². The third-order valence-electron chi connectivity index (χ3n) is 8.09. The van der Waals surface area contributed by atoms with Gasteiger partial charge in [0.1, 0.15) is 12.9 Å². The molecule has 0 aliphatic rings. The van der Waals surface area contributed by atoms with Crippen LogP contribution in [-0.2, 0) is 7.05 Å². The maximum atomic E-state index is 15.2. The average molecular weight is 496 g/mol. The van der Waals surface area contributed by atoms with Crippen molar-refractivity contribution in [3.63, 3.8) is 0 Å². The van der Waals surface area contributed by atoms with E-state index in [4.69, 9.17) is 0 Å². The van der Waals surface area contributed by atoms with Gasteiger partial charge in [0.15, 0.2) is 6.20 Å². The van der Waals surface area contributed by atoms with Crippen LogP contribution >= 0.6 is 0 Å². The molecule has 0 N–H and O–H groups in total. The summed E-state index contributed by atoms with van der Waals surface area (Å²) in [7, 11) is 2.12. The van der Waals surface area contributed by atoms with E-state index in [1.54, 1.807) is 12.1 Å². The number of aromatic nitrogens is 2. The molecule has 0 saturated heterocycles. The van der Waals surface area contributed by atoms with Crippen LogP contribution in [0.15, 0.2) is 97.2 Å². The first-order valence-corrected chi connectivity index (χ1v) is 13.0. The minimum Gasteiger partial charge on any atom is -0.307 e. The number of aryl methyl sites for hydroxylation is 3. The molecule has 2 heterocycles. The van der Waals surface area contributed by atoms with E-state index in [2.05, 4.69) is 104 Å². The number of halogens is 1. The molecule has 0 bridgehead atoms. The Balaban J connectivity index is 1.50. The molecule has 7 rings (SSSR count). The highest BCUT2D eigenvalue weighted by Gasteiger charge is 2.20. The quantitative estimate of drug-likeness (QED) is 0.168. The summed E-state index contributed by atoms with van der Waals surface area (Å²) in [6, 6.07) is 31.2. The molecule has 5 aromatic carbocycles. The summed E-state index contributed by atoms with van der Waals surface area (Å²) in [6.07, 6.45) is 2.16. The maximum Gasteiger partial charge on any atom is 0.220 e. The summed E-state index contributed by atoms with van der Waals surface area (Å²) in [5.74, 6) is -0.210. The lowest BCUT2D eigenvalue weighted by molar-refractivity contribution is -0.659. The van der Waals surface area contributed by atoms with Crippen LogP contribution in [0.5, 0.6) is 0 Å².